The van der Waals surface area contributed by atoms with Crippen molar-refractivity contribution in [2.45, 2.75) is 30.7 Å². The first-order chi connectivity index (χ1) is 24.8. The van der Waals surface area contributed by atoms with Gasteiger partial charge in [-0.2, -0.15) is 0 Å². The largest absolute Gasteiger partial charge is 0.497 e. The molecule has 268 valence electrons. The van der Waals surface area contributed by atoms with Gasteiger partial charge < -0.3 is 47.4 Å². The van der Waals surface area contributed by atoms with E-state index in [1.807, 2.05) is 72.8 Å². The van der Waals surface area contributed by atoms with Gasteiger partial charge in [0.25, 0.3) is 0 Å². The normalized spacial score (nSPS) is 19.2. The van der Waals surface area contributed by atoms with Crippen LogP contribution in [0.2, 0.25) is 0 Å². The fraction of sp³-hybridized carbons (Fsp3) is 0.333. The molecule has 51 heavy (non-hydrogen) atoms. The fourth-order valence-corrected chi connectivity index (χ4v) is 6.22. The van der Waals surface area contributed by atoms with Gasteiger partial charge in [0.05, 0.1) is 63.3 Å². The Hall–Kier alpha value is -5.78. The van der Waals surface area contributed by atoms with Crippen molar-refractivity contribution in [3.63, 3.8) is 0 Å². The number of nitrogens with zero attached hydrogens (tertiary/aromatic N) is 2. The topological polar surface area (TPSA) is 117 Å². The monoisotopic (exact) mass is 698 g/mol. The van der Waals surface area contributed by atoms with Crippen molar-refractivity contribution in [3.8, 4) is 46.0 Å². The van der Waals surface area contributed by atoms with Gasteiger partial charge in [-0.05, 0) is 59.7 Å². The second-order valence-electron chi connectivity index (χ2n) is 11.8. The van der Waals surface area contributed by atoms with Crippen molar-refractivity contribution in [3.05, 3.63) is 95.1 Å². The minimum atomic E-state index is -0.542. The van der Waals surface area contributed by atoms with Crippen LogP contribution in [0.1, 0.15) is 53.0 Å². The molecule has 2 heterocycles. The van der Waals surface area contributed by atoms with Crippen LogP contribution in [-0.4, -0.2) is 68.7 Å². The van der Waals surface area contributed by atoms with E-state index >= 15 is 0 Å². The van der Waals surface area contributed by atoms with Crippen molar-refractivity contribution >= 4 is 11.8 Å². The van der Waals surface area contributed by atoms with Gasteiger partial charge >= 0.3 is 0 Å². The molecule has 0 spiro atoms. The highest BCUT2D eigenvalue weighted by Gasteiger charge is 2.39. The highest BCUT2D eigenvalue weighted by molar-refractivity contribution is 5.98. The molecule has 0 aliphatic carbocycles. The van der Waals surface area contributed by atoms with Crippen LogP contribution in [0, 0.1) is 0 Å². The summed E-state index contributed by atoms with van der Waals surface area (Å²) < 4.78 is 58.1. The number of methoxy groups -OCH3 is 8. The first-order valence-corrected chi connectivity index (χ1v) is 16.2. The molecule has 4 aromatic carbocycles. The lowest BCUT2D eigenvalue weighted by molar-refractivity contribution is 0.182. The van der Waals surface area contributed by atoms with E-state index < -0.39 is 24.3 Å². The molecule has 2 aliphatic heterocycles. The van der Waals surface area contributed by atoms with Gasteiger partial charge in [-0.3, -0.25) is 0 Å². The molecule has 0 aromatic heterocycles. The lowest BCUT2D eigenvalue weighted by Crippen LogP contribution is -2.13. The summed E-state index contributed by atoms with van der Waals surface area (Å²) >= 11 is 0. The Balaban J connectivity index is 1.41. The first-order valence-electron chi connectivity index (χ1n) is 16.2. The summed E-state index contributed by atoms with van der Waals surface area (Å²) in [6.07, 6.45) is -0.899. The average molecular weight is 699 g/mol. The third-order valence-electron chi connectivity index (χ3n) is 8.80. The highest BCUT2D eigenvalue weighted by Crippen LogP contribution is 2.47. The van der Waals surface area contributed by atoms with Gasteiger partial charge in [-0.1, -0.05) is 0 Å². The van der Waals surface area contributed by atoms with Crippen molar-refractivity contribution in [2.75, 3.05) is 56.9 Å². The van der Waals surface area contributed by atoms with Crippen LogP contribution in [0.3, 0.4) is 0 Å². The van der Waals surface area contributed by atoms with Gasteiger partial charge in [0.1, 0.15) is 58.1 Å². The van der Waals surface area contributed by atoms with Crippen molar-refractivity contribution < 1.29 is 47.4 Å². The zero-order valence-corrected chi connectivity index (χ0v) is 29.9. The van der Waals surface area contributed by atoms with E-state index in [1.165, 1.54) is 0 Å². The quantitative estimate of drug-likeness (QED) is 0.133. The second-order valence-corrected chi connectivity index (χ2v) is 11.8. The summed E-state index contributed by atoms with van der Waals surface area (Å²) in [5, 5.41) is 0. The number of hydrogen-bond acceptors (Lipinski definition) is 12. The Morgan fingerprint density at radius 2 is 0.608 bits per heavy atom. The molecule has 0 amide bonds. The minimum Gasteiger partial charge on any atom is -0.497 e. The van der Waals surface area contributed by atoms with Gasteiger partial charge in [-0.25, -0.2) is 9.98 Å². The van der Waals surface area contributed by atoms with Crippen LogP contribution >= 0.6 is 0 Å². The van der Waals surface area contributed by atoms with E-state index in [1.54, 1.807) is 56.9 Å². The van der Waals surface area contributed by atoms with E-state index in [-0.39, 0.29) is 6.42 Å². The van der Waals surface area contributed by atoms with Crippen LogP contribution in [0.25, 0.3) is 0 Å². The second kappa shape index (κ2) is 15.4. The van der Waals surface area contributed by atoms with Crippen molar-refractivity contribution in [1.82, 2.24) is 0 Å². The van der Waals surface area contributed by atoms with E-state index in [0.29, 0.717) is 57.8 Å². The Bertz CT molecular complexity index is 1700. The SMILES string of the molecule is COc1cc(OC)cc(C2N=C(CC3=NC(c4cc(OC)cc(OC)c4)C(c4cc(OC)cc(OC)c4)O3)OC2c2cc(OC)cc(OC)c2)c1. The van der Waals surface area contributed by atoms with Gasteiger partial charge in [-0.15, -0.1) is 0 Å². The molecule has 0 N–H and O–H groups in total. The predicted octanol–water partition coefficient (Wildman–Crippen LogP) is 7.27. The molecular formula is C39H42N2O10. The number of ether oxygens (including phenoxy) is 10. The minimum absolute atomic E-state index is 0.185. The molecule has 2 aliphatic rings. The molecule has 0 saturated carbocycles. The molecule has 12 heteroatoms. The standard InChI is InChI=1S/C39H42N2O10/c1-42-26-9-22(10-27(17-26)43-2)36-38(24-13-30(46-5)19-31(14-24)47-6)50-34(40-36)21-35-41-37(23-11-28(44-3)18-29(12-23)45-4)39(51-35)25-15-32(48-7)20-33(16-25)49-8/h9-20,36-39H,21H2,1-8H3. The van der Waals surface area contributed by atoms with Gasteiger partial charge in [0.15, 0.2) is 24.0 Å². The summed E-state index contributed by atoms with van der Waals surface area (Å²) in [5.41, 5.74) is 3.30. The predicted molar refractivity (Wildman–Crippen MR) is 191 cm³/mol. The van der Waals surface area contributed by atoms with Crippen LogP contribution in [-0.2, 0) is 9.47 Å². The maximum Gasteiger partial charge on any atom is 0.194 e. The molecule has 0 radical (unpaired) electrons. The molecule has 4 aromatic rings. The highest BCUT2D eigenvalue weighted by atomic mass is 16.5. The maximum absolute atomic E-state index is 6.67. The average Bonchev–Trinajstić information content (AvgIpc) is 3.81. The number of benzene rings is 4. The summed E-state index contributed by atoms with van der Waals surface area (Å²) in [5.74, 6) is 5.91. The fourth-order valence-electron chi connectivity index (χ4n) is 6.22. The van der Waals surface area contributed by atoms with E-state index in [9.17, 15) is 0 Å². The van der Waals surface area contributed by atoms with Crippen molar-refractivity contribution in [2.24, 2.45) is 9.98 Å². The number of rotatable bonds is 14. The molecule has 0 fully saturated rings. The third kappa shape index (κ3) is 7.54. The van der Waals surface area contributed by atoms with Crippen LogP contribution in [0.5, 0.6) is 46.0 Å². The molecule has 0 saturated heterocycles. The lowest BCUT2D eigenvalue weighted by Gasteiger charge is -2.21. The molecule has 4 atom stereocenters. The van der Waals surface area contributed by atoms with Crippen LogP contribution in [0.4, 0.5) is 0 Å². The zero-order chi connectivity index (χ0) is 36.1. The molecule has 12 nitrogen and oxygen atoms in total. The third-order valence-corrected chi connectivity index (χ3v) is 8.80. The summed E-state index contributed by atoms with van der Waals surface area (Å²) in [6, 6.07) is 21.7. The smallest absolute Gasteiger partial charge is 0.194 e. The van der Waals surface area contributed by atoms with Crippen molar-refractivity contribution in [1.29, 1.82) is 0 Å². The Labute approximate surface area is 297 Å². The number of hydrogen-bond donors (Lipinski definition) is 0. The van der Waals surface area contributed by atoms with Crippen LogP contribution < -0.4 is 37.9 Å². The summed E-state index contributed by atoms with van der Waals surface area (Å²) in [6.45, 7) is 0. The molecule has 6 rings (SSSR count). The van der Waals surface area contributed by atoms with E-state index in [4.69, 9.17) is 57.4 Å². The molecule has 4 unspecified atom stereocenters. The Morgan fingerprint density at radius 3 is 0.843 bits per heavy atom. The zero-order valence-electron chi connectivity index (χ0n) is 29.9. The van der Waals surface area contributed by atoms with Crippen LogP contribution in [0.15, 0.2) is 82.8 Å². The number of aliphatic imine (C=N–C) groups is 2. The van der Waals surface area contributed by atoms with E-state index in [0.717, 1.165) is 22.3 Å². The maximum atomic E-state index is 6.67. The Kier molecular flexibility index (Phi) is 10.6. The Morgan fingerprint density at radius 1 is 0.373 bits per heavy atom. The summed E-state index contributed by atoms with van der Waals surface area (Å²) in [4.78, 5) is 10.2. The first kappa shape index (κ1) is 35.1. The van der Waals surface area contributed by atoms with Gasteiger partial charge in [0, 0.05) is 35.4 Å². The summed E-state index contributed by atoms with van der Waals surface area (Å²) in [7, 11) is 12.9. The van der Waals surface area contributed by atoms with E-state index in [2.05, 4.69) is 0 Å². The lowest BCUT2D eigenvalue weighted by atomic mass is 9.96. The molecule has 0 bridgehead atoms. The molecular weight excluding hydrogens is 656 g/mol. The van der Waals surface area contributed by atoms with Gasteiger partial charge in [0.2, 0.25) is 0 Å².